The highest BCUT2D eigenvalue weighted by molar-refractivity contribution is 5.70. The average Bonchev–Trinajstić information content (AvgIpc) is 2.39. The Kier molecular flexibility index (Phi) is 5.82. The highest BCUT2D eigenvalue weighted by Crippen LogP contribution is 2.19. The quantitative estimate of drug-likeness (QED) is 0.753. The molecule has 2 unspecified atom stereocenters. The predicted octanol–water partition coefficient (Wildman–Crippen LogP) is 1.56. The number of hydrogen-bond donors (Lipinski definition) is 2. The molecule has 0 spiro atoms. The molecule has 0 saturated heterocycles. The van der Waals surface area contributed by atoms with E-state index in [4.69, 9.17) is 5.73 Å². The first-order valence-corrected chi connectivity index (χ1v) is 6.17. The molecular formula is C14H21NO3. The van der Waals surface area contributed by atoms with E-state index in [1.807, 2.05) is 24.3 Å². The van der Waals surface area contributed by atoms with E-state index >= 15 is 0 Å². The fourth-order valence-electron chi connectivity index (χ4n) is 1.80. The van der Waals surface area contributed by atoms with Crippen LogP contribution in [0, 0.1) is 0 Å². The van der Waals surface area contributed by atoms with Gasteiger partial charge in [0.15, 0.2) is 0 Å². The highest BCUT2D eigenvalue weighted by atomic mass is 16.5. The summed E-state index contributed by atoms with van der Waals surface area (Å²) in [7, 11) is 1.31. The van der Waals surface area contributed by atoms with Gasteiger partial charge in [0.25, 0.3) is 0 Å². The van der Waals surface area contributed by atoms with Crippen molar-refractivity contribution in [1.29, 1.82) is 0 Å². The van der Waals surface area contributed by atoms with Crippen LogP contribution >= 0.6 is 0 Å². The highest BCUT2D eigenvalue weighted by Gasteiger charge is 2.20. The standard InChI is InChI=1S/C14H21NO3/c1-3-4-10-5-7-11(8-6-10)14(17)12(15)9-13(16)18-2/h5-8,12,14,17H,3-4,9,15H2,1-2H3. The molecule has 0 radical (unpaired) electrons. The van der Waals surface area contributed by atoms with E-state index in [1.165, 1.54) is 12.7 Å². The number of carbonyl (C=O) groups excluding carboxylic acids is 1. The van der Waals surface area contributed by atoms with E-state index in [0.717, 1.165) is 18.4 Å². The van der Waals surface area contributed by atoms with Gasteiger partial charge in [-0.15, -0.1) is 0 Å². The minimum Gasteiger partial charge on any atom is -0.469 e. The smallest absolute Gasteiger partial charge is 0.307 e. The van der Waals surface area contributed by atoms with Gasteiger partial charge in [-0.1, -0.05) is 37.6 Å². The van der Waals surface area contributed by atoms with Crippen LogP contribution < -0.4 is 5.73 Å². The molecule has 0 fully saturated rings. The van der Waals surface area contributed by atoms with Gasteiger partial charge in [0, 0.05) is 6.04 Å². The van der Waals surface area contributed by atoms with Crippen molar-refractivity contribution in [2.75, 3.05) is 7.11 Å². The zero-order valence-corrected chi connectivity index (χ0v) is 10.9. The number of aliphatic hydroxyl groups excluding tert-OH is 1. The number of hydrogen-bond acceptors (Lipinski definition) is 4. The van der Waals surface area contributed by atoms with Crippen LogP contribution in [0.25, 0.3) is 0 Å². The van der Waals surface area contributed by atoms with Crippen molar-refractivity contribution in [3.8, 4) is 0 Å². The molecule has 0 heterocycles. The SMILES string of the molecule is CCCc1ccc(C(O)C(N)CC(=O)OC)cc1. The van der Waals surface area contributed by atoms with Crippen molar-refractivity contribution >= 4 is 5.97 Å². The fraction of sp³-hybridized carbons (Fsp3) is 0.500. The lowest BCUT2D eigenvalue weighted by Crippen LogP contribution is -2.31. The maximum Gasteiger partial charge on any atom is 0.307 e. The van der Waals surface area contributed by atoms with Gasteiger partial charge in [-0.3, -0.25) is 4.79 Å². The van der Waals surface area contributed by atoms with Crippen molar-refractivity contribution in [2.24, 2.45) is 5.73 Å². The third-order valence-corrected chi connectivity index (χ3v) is 2.90. The number of benzene rings is 1. The molecular weight excluding hydrogens is 230 g/mol. The van der Waals surface area contributed by atoms with Crippen LogP contribution in [0.2, 0.25) is 0 Å². The predicted molar refractivity (Wildman–Crippen MR) is 70.0 cm³/mol. The van der Waals surface area contributed by atoms with E-state index in [-0.39, 0.29) is 6.42 Å². The Morgan fingerprint density at radius 3 is 2.50 bits per heavy atom. The summed E-state index contributed by atoms with van der Waals surface area (Å²) in [4.78, 5) is 11.1. The summed E-state index contributed by atoms with van der Waals surface area (Å²) in [6.07, 6.45) is 1.27. The summed E-state index contributed by atoms with van der Waals surface area (Å²) in [5, 5.41) is 10.0. The number of esters is 1. The van der Waals surface area contributed by atoms with Gasteiger partial charge in [-0.05, 0) is 17.5 Å². The van der Waals surface area contributed by atoms with Crippen molar-refractivity contribution in [1.82, 2.24) is 0 Å². The molecule has 1 rings (SSSR count). The Morgan fingerprint density at radius 1 is 1.39 bits per heavy atom. The first-order chi connectivity index (χ1) is 8.58. The van der Waals surface area contributed by atoms with Crippen molar-refractivity contribution in [3.05, 3.63) is 35.4 Å². The molecule has 2 atom stereocenters. The number of carbonyl (C=O) groups is 1. The number of ether oxygens (including phenoxy) is 1. The van der Waals surface area contributed by atoms with Gasteiger partial charge >= 0.3 is 5.97 Å². The summed E-state index contributed by atoms with van der Waals surface area (Å²) in [5.41, 5.74) is 7.73. The zero-order valence-electron chi connectivity index (χ0n) is 10.9. The van der Waals surface area contributed by atoms with E-state index in [2.05, 4.69) is 11.7 Å². The Labute approximate surface area is 108 Å². The maximum atomic E-state index is 11.1. The number of methoxy groups -OCH3 is 1. The zero-order chi connectivity index (χ0) is 13.5. The van der Waals surface area contributed by atoms with Crippen LogP contribution in [0.4, 0.5) is 0 Å². The Bertz CT molecular complexity index is 375. The average molecular weight is 251 g/mol. The number of aryl methyl sites for hydroxylation is 1. The molecule has 4 nitrogen and oxygen atoms in total. The maximum absolute atomic E-state index is 11.1. The second-order valence-corrected chi connectivity index (χ2v) is 4.38. The van der Waals surface area contributed by atoms with Gasteiger partial charge in [0.1, 0.15) is 0 Å². The van der Waals surface area contributed by atoms with Crippen LogP contribution in [0.3, 0.4) is 0 Å². The van der Waals surface area contributed by atoms with Crippen LogP contribution in [0.5, 0.6) is 0 Å². The van der Waals surface area contributed by atoms with Crippen molar-refractivity contribution in [2.45, 2.75) is 38.3 Å². The molecule has 0 aliphatic rings. The van der Waals surface area contributed by atoms with Crippen LogP contribution in [-0.2, 0) is 16.0 Å². The van der Waals surface area contributed by atoms with Gasteiger partial charge in [-0.2, -0.15) is 0 Å². The molecule has 0 aliphatic carbocycles. The van der Waals surface area contributed by atoms with Gasteiger partial charge in [0.2, 0.25) is 0 Å². The molecule has 0 bridgehead atoms. The van der Waals surface area contributed by atoms with Crippen molar-refractivity contribution < 1.29 is 14.6 Å². The largest absolute Gasteiger partial charge is 0.469 e. The van der Waals surface area contributed by atoms with E-state index < -0.39 is 18.1 Å². The second-order valence-electron chi connectivity index (χ2n) is 4.38. The summed E-state index contributed by atoms with van der Waals surface area (Å²) in [6.45, 7) is 2.12. The first-order valence-electron chi connectivity index (χ1n) is 6.17. The minimum atomic E-state index is -0.847. The molecule has 4 heteroatoms. The lowest BCUT2D eigenvalue weighted by molar-refractivity contribution is -0.141. The van der Waals surface area contributed by atoms with Crippen LogP contribution in [0.15, 0.2) is 24.3 Å². The third kappa shape index (κ3) is 4.13. The van der Waals surface area contributed by atoms with Crippen LogP contribution in [0.1, 0.15) is 37.0 Å². The van der Waals surface area contributed by atoms with E-state index in [1.54, 1.807) is 0 Å². The molecule has 0 aliphatic heterocycles. The number of rotatable bonds is 6. The summed E-state index contributed by atoms with van der Waals surface area (Å²) >= 11 is 0. The number of nitrogens with two attached hydrogens (primary N) is 1. The van der Waals surface area contributed by atoms with Gasteiger partial charge < -0.3 is 15.6 Å². The summed E-state index contributed by atoms with van der Waals surface area (Å²) in [5.74, 6) is -0.413. The molecule has 0 amide bonds. The molecule has 18 heavy (non-hydrogen) atoms. The molecule has 1 aromatic carbocycles. The Hall–Kier alpha value is -1.39. The third-order valence-electron chi connectivity index (χ3n) is 2.90. The fourth-order valence-corrected chi connectivity index (χ4v) is 1.80. The number of aliphatic hydroxyl groups is 1. The minimum absolute atomic E-state index is 0.00831. The second kappa shape index (κ2) is 7.13. The van der Waals surface area contributed by atoms with Crippen LogP contribution in [-0.4, -0.2) is 24.2 Å². The van der Waals surface area contributed by atoms with Crippen molar-refractivity contribution in [3.63, 3.8) is 0 Å². The van der Waals surface area contributed by atoms with Gasteiger partial charge in [-0.25, -0.2) is 0 Å². The Morgan fingerprint density at radius 2 is 2.00 bits per heavy atom. The molecule has 1 aromatic rings. The molecule has 0 saturated carbocycles. The normalized spacial score (nSPS) is 14.0. The lowest BCUT2D eigenvalue weighted by atomic mass is 9.98. The Balaban J connectivity index is 2.65. The summed E-state index contributed by atoms with van der Waals surface area (Å²) < 4.78 is 4.53. The molecule has 0 aromatic heterocycles. The van der Waals surface area contributed by atoms with Gasteiger partial charge in [0.05, 0.1) is 19.6 Å². The first kappa shape index (κ1) is 14.7. The summed E-state index contributed by atoms with van der Waals surface area (Å²) in [6, 6.07) is 7.02. The topological polar surface area (TPSA) is 72.5 Å². The molecule has 100 valence electrons. The lowest BCUT2D eigenvalue weighted by Gasteiger charge is -2.18. The molecule has 3 N–H and O–H groups in total. The monoisotopic (exact) mass is 251 g/mol. The van der Waals surface area contributed by atoms with E-state index in [9.17, 15) is 9.90 Å². The van der Waals surface area contributed by atoms with E-state index in [0.29, 0.717) is 0 Å².